The number of aliphatic hydroxyl groups excluding tert-OH is 3. The van der Waals surface area contributed by atoms with Crippen LogP contribution in [0, 0.1) is 0 Å². The minimum Gasteiger partial charge on any atom is -0.479 e. The third-order valence-corrected chi connectivity index (χ3v) is 6.66. The number of aliphatic imine (C=N–C) groups is 1. The highest BCUT2D eigenvalue weighted by molar-refractivity contribution is 6.31. The van der Waals surface area contributed by atoms with Crippen molar-refractivity contribution in [2.75, 3.05) is 33.2 Å². The molecule has 2 saturated heterocycles. The first kappa shape index (κ1) is 24.8. The monoisotopic (exact) mass is 519 g/mol. The molecule has 36 heavy (non-hydrogen) atoms. The van der Waals surface area contributed by atoms with Crippen LogP contribution in [-0.4, -0.2) is 106 Å². The molecule has 0 spiro atoms. The highest BCUT2D eigenvalue weighted by Gasteiger charge is 2.48. The zero-order valence-electron chi connectivity index (χ0n) is 19.3. The molecule has 3 aliphatic rings. The van der Waals surface area contributed by atoms with Crippen LogP contribution in [0.4, 0.5) is 5.69 Å². The summed E-state index contributed by atoms with van der Waals surface area (Å²) in [5.74, 6) is 0.445. The van der Waals surface area contributed by atoms with Gasteiger partial charge in [-0.15, -0.1) is 0 Å². The van der Waals surface area contributed by atoms with E-state index in [1.54, 1.807) is 30.3 Å². The normalized spacial score (nSPS) is 28.3. The molecule has 5 atom stereocenters. The fraction of sp³-hybridized carbons (Fsp3) is 0.417. The van der Waals surface area contributed by atoms with E-state index < -0.39 is 36.7 Å². The Labute approximate surface area is 211 Å². The molecule has 5 rings (SSSR count). The van der Waals surface area contributed by atoms with Crippen LogP contribution in [-0.2, 0) is 9.53 Å². The van der Waals surface area contributed by atoms with Gasteiger partial charge in [-0.25, -0.2) is 9.79 Å². The quantitative estimate of drug-likeness (QED) is 0.464. The Bertz CT molecular complexity index is 1190. The lowest BCUT2D eigenvalue weighted by Gasteiger charge is -2.38. The maximum Gasteiger partial charge on any atom is 0.335 e. The van der Waals surface area contributed by atoms with Crippen LogP contribution in [0.15, 0.2) is 41.4 Å². The lowest BCUT2D eigenvalue weighted by Crippen LogP contribution is -2.61. The number of carboxylic acids is 1. The molecule has 0 unspecified atom stereocenters. The van der Waals surface area contributed by atoms with E-state index >= 15 is 0 Å². The molecule has 0 radical (unpaired) electrons. The summed E-state index contributed by atoms with van der Waals surface area (Å²) in [5, 5.41) is 40.1. The number of aliphatic hydroxyl groups is 3. The Kier molecular flexibility index (Phi) is 6.77. The lowest BCUT2D eigenvalue weighted by molar-refractivity contribution is -0.271. The Morgan fingerprint density at radius 3 is 2.47 bits per heavy atom. The number of hydrogen-bond donors (Lipinski definition) is 4. The summed E-state index contributed by atoms with van der Waals surface area (Å²) < 4.78 is 17.1. The number of piperazine rings is 1. The number of fused-ring (bicyclic) bond motifs is 2. The van der Waals surface area contributed by atoms with Crippen molar-refractivity contribution in [1.82, 2.24) is 9.80 Å². The Hall–Kier alpha value is -2.93. The number of aliphatic carboxylic acids is 1. The number of amidine groups is 1. The van der Waals surface area contributed by atoms with Gasteiger partial charge < -0.3 is 44.4 Å². The van der Waals surface area contributed by atoms with Crippen molar-refractivity contribution in [3.05, 3.63) is 47.0 Å². The van der Waals surface area contributed by atoms with Crippen LogP contribution in [0.2, 0.25) is 5.02 Å². The van der Waals surface area contributed by atoms with E-state index in [-0.39, 0.29) is 5.75 Å². The number of hydrogen-bond acceptors (Lipinski definition) is 10. The van der Waals surface area contributed by atoms with Crippen molar-refractivity contribution in [3.63, 3.8) is 0 Å². The molecule has 0 aliphatic carbocycles. The fourth-order valence-electron chi connectivity index (χ4n) is 4.35. The van der Waals surface area contributed by atoms with Crippen molar-refractivity contribution in [3.8, 4) is 17.2 Å². The Morgan fingerprint density at radius 1 is 1.03 bits per heavy atom. The molecular weight excluding hydrogens is 494 g/mol. The van der Waals surface area contributed by atoms with Crippen molar-refractivity contribution >= 4 is 29.1 Å². The number of halogens is 1. The van der Waals surface area contributed by atoms with Gasteiger partial charge in [0.2, 0.25) is 6.29 Å². The Balaban J connectivity index is 1.48. The molecule has 0 saturated carbocycles. The minimum absolute atomic E-state index is 0.194. The first-order valence-corrected chi connectivity index (χ1v) is 11.8. The first-order chi connectivity index (χ1) is 17.2. The van der Waals surface area contributed by atoms with E-state index in [4.69, 9.17) is 30.8 Å². The van der Waals surface area contributed by atoms with E-state index in [9.17, 15) is 25.2 Å². The molecule has 2 aromatic rings. The van der Waals surface area contributed by atoms with Crippen molar-refractivity contribution < 1.29 is 39.4 Å². The summed E-state index contributed by atoms with van der Waals surface area (Å²) in [6.07, 6.45) is -8.56. The number of carboxylic acid groups (broad SMARTS) is 1. The van der Waals surface area contributed by atoms with Crippen LogP contribution in [0.1, 0.15) is 5.56 Å². The second-order valence-corrected chi connectivity index (χ2v) is 9.39. The summed E-state index contributed by atoms with van der Waals surface area (Å²) in [6.45, 7) is 3.24. The number of benzene rings is 2. The average molecular weight is 520 g/mol. The van der Waals surface area contributed by atoms with E-state index in [1.165, 1.54) is 0 Å². The molecule has 3 aliphatic heterocycles. The van der Waals surface area contributed by atoms with Gasteiger partial charge in [0.25, 0.3) is 0 Å². The number of likely N-dealkylation sites (N-methyl/N-ethyl adjacent to an activating group) is 1. The number of carbonyl (C=O) groups is 1. The van der Waals surface area contributed by atoms with Gasteiger partial charge in [0.05, 0.1) is 5.56 Å². The van der Waals surface area contributed by atoms with Crippen LogP contribution in [0.5, 0.6) is 17.2 Å². The van der Waals surface area contributed by atoms with E-state index in [2.05, 4.69) is 16.8 Å². The third kappa shape index (κ3) is 4.73. The number of rotatable bonds is 3. The first-order valence-electron chi connectivity index (χ1n) is 11.4. The van der Waals surface area contributed by atoms with Gasteiger partial charge in [-0.1, -0.05) is 11.6 Å². The molecule has 3 heterocycles. The van der Waals surface area contributed by atoms with E-state index in [0.29, 0.717) is 28.0 Å². The van der Waals surface area contributed by atoms with Crippen molar-refractivity contribution in [2.24, 2.45) is 4.99 Å². The highest BCUT2D eigenvalue weighted by Crippen LogP contribution is 2.41. The highest BCUT2D eigenvalue weighted by atomic mass is 35.5. The molecule has 0 amide bonds. The van der Waals surface area contributed by atoms with Gasteiger partial charge in [0.1, 0.15) is 41.3 Å². The SMILES string of the molecule is CN1CCN(C2=Nc3cc(O[C@@H]4O[C@H](C(=O)O)[C@@H](O)[C@H](O)[C@H]4O)ccc3Oc3ccc(Cl)cc32)CC1. The molecule has 2 fully saturated rings. The summed E-state index contributed by atoms with van der Waals surface area (Å²) in [7, 11) is 2.06. The number of nitrogens with zero attached hydrogens (tertiary/aromatic N) is 3. The van der Waals surface area contributed by atoms with Crippen LogP contribution >= 0.6 is 11.6 Å². The third-order valence-electron chi connectivity index (χ3n) is 6.43. The van der Waals surface area contributed by atoms with Gasteiger partial charge in [0, 0.05) is 37.3 Å². The summed E-state index contributed by atoms with van der Waals surface area (Å²) in [6, 6.07) is 10.1. The summed E-state index contributed by atoms with van der Waals surface area (Å²) in [4.78, 5) is 20.7. The zero-order valence-corrected chi connectivity index (χ0v) is 20.1. The van der Waals surface area contributed by atoms with E-state index in [1.807, 2.05) is 6.07 Å². The van der Waals surface area contributed by atoms with Gasteiger partial charge >= 0.3 is 5.97 Å². The minimum atomic E-state index is -1.81. The predicted octanol–water partition coefficient (Wildman–Crippen LogP) is 1.04. The fourth-order valence-corrected chi connectivity index (χ4v) is 4.52. The van der Waals surface area contributed by atoms with Crippen molar-refractivity contribution in [1.29, 1.82) is 0 Å². The maximum absolute atomic E-state index is 11.4. The van der Waals surface area contributed by atoms with Gasteiger partial charge in [-0.3, -0.25) is 0 Å². The van der Waals surface area contributed by atoms with E-state index in [0.717, 1.165) is 31.7 Å². The molecule has 12 heteroatoms. The average Bonchev–Trinajstić information content (AvgIpc) is 3.01. The summed E-state index contributed by atoms with van der Waals surface area (Å²) in [5.41, 5.74) is 1.19. The molecule has 192 valence electrons. The summed E-state index contributed by atoms with van der Waals surface area (Å²) >= 11 is 6.30. The smallest absolute Gasteiger partial charge is 0.335 e. The molecule has 0 bridgehead atoms. The topological polar surface area (TPSA) is 145 Å². The van der Waals surface area contributed by atoms with Gasteiger partial charge in [-0.05, 0) is 37.4 Å². The molecule has 0 aromatic heterocycles. The van der Waals surface area contributed by atoms with Crippen LogP contribution in [0.25, 0.3) is 0 Å². The zero-order chi connectivity index (χ0) is 25.6. The second-order valence-electron chi connectivity index (χ2n) is 8.95. The van der Waals surface area contributed by atoms with Crippen LogP contribution < -0.4 is 9.47 Å². The standard InChI is InChI=1S/C24H26ClN3O8/c1-27-6-8-28(9-7-27)22-14-10-12(25)2-4-16(14)35-17-5-3-13(11-15(17)26-22)34-24-20(31)18(29)19(30)21(36-24)23(32)33/h2-5,10-11,18-21,24,29-31H,6-9H2,1H3,(H,32,33)/t18-,19-,20+,21-,24+/m0/s1. The predicted molar refractivity (Wildman–Crippen MR) is 128 cm³/mol. The van der Waals surface area contributed by atoms with Crippen molar-refractivity contribution in [2.45, 2.75) is 30.7 Å². The molecular formula is C24H26ClN3O8. The van der Waals surface area contributed by atoms with Gasteiger partial charge in [0.15, 0.2) is 11.9 Å². The largest absolute Gasteiger partial charge is 0.479 e. The second kappa shape index (κ2) is 9.85. The van der Waals surface area contributed by atoms with Crippen LogP contribution in [0.3, 0.4) is 0 Å². The lowest BCUT2D eigenvalue weighted by atomic mass is 9.99. The number of ether oxygens (including phenoxy) is 3. The molecule has 4 N–H and O–H groups in total. The molecule has 11 nitrogen and oxygen atoms in total. The maximum atomic E-state index is 11.4. The van der Waals surface area contributed by atoms with Gasteiger partial charge in [-0.2, -0.15) is 0 Å². The Morgan fingerprint density at radius 2 is 1.75 bits per heavy atom. The molecule has 2 aromatic carbocycles.